The molecule has 8 heteroatoms. The molecule has 19 heavy (non-hydrogen) atoms. The summed E-state index contributed by atoms with van der Waals surface area (Å²) in [4.78, 5) is 32.3. The summed E-state index contributed by atoms with van der Waals surface area (Å²) in [6.07, 6.45) is -0.983. The number of ether oxygens (including phenoxy) is 1. The van der Waals surface area contributed by atoms with Crippen molar-refractivity contribution >= 4 is 34.9 Å². The highest BCUT2D eigenvalue weighted by molar-refractivity contribution is 6.34. The van der Waals surface area contributed by atoms with Gasteiger partial charge in [-0.2, -0.15) is 0 Å². The average Bonchev–Trinajstić information content (AvgIpc) is 2.30. The number of nitrogens with zero attached hydrogens (tertiary/aromatic N) is 1. The number of amides is 1. The van der Waals surface area contributed by atoms with E-state index in [1.54, 1.807) is 0 Å². The van der Waals surface area contributed by atoms with Crippen LogP contribution in [0.15, 0.2) is 18.2 Å². The molecule has 0 bridgehead atoms. The summed E-state index contributed by atoms with van der Waals surface area (Å²) in [6.45, 7) is 2.58. The number of hydrogen-bond acceptors (Lipinski definition) is 5. The minimum Gasteiger partial charge on any atom is -0.453 e. The topological polar surface area (TPSA) is 98.5 Å². The summed E-state index contributed by atoms with van der Waals surface area (Å²) in [7, 11) is 0. The molecule has 0 aromatic heterocycles. The van der Waals surface area contributed by atoms with Gasteiger partial charge in [0.25, 0.3) is 11.6 Å². The Balaban J connectivity index is 2.80. The van der Waals surface area contributed by atoms with Crippen LogP contribution in [0.25, 0.3) is 0 Å². The minimum absolute atomic E-state index is 0.0255. The Morgan fingerprint density at radius 2 is 2.11 bits per heavy atom. The third kappa shape index (κ3) is 4.22. The normalized spacial score (nSPS) is 11.5. The van der Waals surface area contributed by atoms with Crippen molar-refractivity contribution in [2.75, 3.05) is 5.32 Å². The minimum atomic E-state index is -0.983. The Kier molecular flexibility index (Phi) is 4.82. The van der Waals surface area contributed by atoms with Gasteiger partial charge in [-0.3, -0.25) is 19.7 Å². The quantitative estimate of drug-likeness (QED) is 0.519. The van der Waals surface area contributed by atoms with Crippen molar-refractivity contribution in [1.29, 1.82) is 0 Å². The van der Waals surface area contributed by atoms with E-state index in [0.717, 1.165) is 6.07 Å². The number of anilines is 1. The Labute approximate surface area is 113 Å². The van der Waals surface area contributed by atoms with Crippen molar-refractivity contribution in [2.45, 2.75) is 20.0 Å². The van der Waals surface area contributed by atoms with Crippen LogP contribution in [0.3, 0.4) is 0 Å². The number of carbonyl (C=O) groups is 2. The van der Waals surface area contributed by atoms with Crippen molar-refractivity contribution in [2.24, 2.45) is 0 Å². The van der Waals surface area contributed by atoms with Crippen molar-refractivity contribution < 1.29 is 19.2 Å². The fourth-order valence-corrected chi connectivity index (χ4v) is 1.48. The summed E-state index contributed by atoms with van der Waals surface area (Å²) in [5.74, 6) is -1.16. The molecule has 0 saturated heterocycles. The van der Waals surface area contributed by atoms with Crippen molar-refractivity contribution in [3.05, 3.63) is 33.3 Å². The number of nitro groups is 1. The van der Waals surface area contributed by atoms with Gasteiger partial charge in [0.15, 0.2) is 6.10 Å². The second kappa shape index (κ2) is 6.14. The molecule has 1 atom stereocenters. The molecule has 0 saturated carbocycles. The molecule has 0 radical (unpaired) electrons. The third-order valence-electron chi connectivity index (χ3n) is 2.13. The number of nitrogens with one attached hydrogen (secondary N) is 1. The molecule has 0 heterocycles. The number of carbonyl (C=O) groups excluding carboxylic acids is 2. The van der Waals surface area contributed by atoms with Crippen molar-refractivity contribution in [3.8, 4) is 0 Å². The lowest BCUT2D eigenvalue weighted by atomic mass is 10.2. The highest BCUT2D eigenvalue weighted by Gasteiger charge is 2.18. The number of non-ortho nitro benzene ring substituents is 1. The van der Waals surface area contributed by atoms with E-state index in [4.69, 9.17) is 11.6 Å². The number of benzene rings is 1. The van der Waals surface area contributed by atoms with Gasteiger partial charge in [-0.05, 0) is 13.0 Å². The maximum Gasteiger partial charge on any atom is 0.303 e. The SMILES string of the molecule is CC(=O)OC(C)C(=O)Nc1ccc([N+](=O)[O-])cc1Cl. The first-order valence-electron chi connectivity index (χ1n) is 5.23. The van der Waals surface area contributed by atoms with Gasteiger partial charge in [-0.1, -0.05) is 11.6 Å². The number of halogens is 1. The molecule has 0 aliphatic carbocycles. The molecule has 0 aliphatic heterocycles. The van der Waals surface area contributed by atoms with Gasteiger partial charge in [0.1, 0.15) is 0 Å². The molecule has 1 aromatic carbocycles. The van der Waals surface area contributed by atoms with Crippen LogP contribution in [-0.4, -0.2) is 22.9 Å². The fourth-order valence-electron chi connectivity index (χ4n) is 1.26. The van der Waals surface area contributed by atoms with E-state index in [2.05, 4.69) is 10.1 Å². The fraction of sp³-hybridized carbons (Fsp3) is 0.273. The van der Waals surface area contributed by atoms with Crippen molar-refractivity contribution in [1.82, 2.24) is 0 Å². The first-order chi connectivity index (χ1) is 8.81. The predicted octanol–water partition coefficient (Wildman–Crippen LogP) is 2.14. The number of esters is 1. The second-order valence-electron chi connectivity index (χ2n) is 3.66. The van der Waals surface area contributed by atoms with Gasteiger partial charge in [0.2, 0.25) is 0 Å². The van der Waals surface area contributed by atoms with Gasteiger partial charge >= 0.3 is 5.97 Å². The molecule has 1 amide bonds. The molecule has 1 N–H and O–H groups in total. The van der Waals surface area contributed by atoms with Gasteiger partial charge < -0.3 is 10.1 Å². The molecule has 1 rings (SSSR count). The maximum absolute atomic E-state index is 11.6. The molecule has 1 aromatic rings. The van der Waals surface area contributed by atoms with E-state index >= 15 is 0 Å². The van der Waals surface area contributed by atoms with Crippen LogP contribution in [0.5, 0.6) is 0 Å². The van der Waals surface area contributed by atoms with Crippen LogP contribution >= 0.6 is 11.6 Å². The Hall–Kier alpha value is -2.15. The smallest absolute Gasteiger partial charge is 0.303 e. The number of rotatable bonds is 4. The average molecular weight is 287 g/mol. The highest BCUT2D eigenvalue weighted by atomic mass is 35.5. The molecular formula is C11H11ClN2O5. The number of nitro benzene ring substituents is 1. The molecule has 0 fully saturated rings. The third-order valence-corrected chi connectivity index (χ3v) is 2.45. The lowest BCUT2D eigenvalue weighted by molar-refractivity contribution is -0.384. The van der Waals surface area contributed by atoms with Crippen LogP contribution in [0, 0.1) is 10.1 Å². The summed E-state index contributed by atoms with van der Waals surface area (Å²) in [5, 5.41) is 13.0. The standard InChI is InChI=1S/C11H11ClN2O5/c1-6(19-7(2)15)11(16)13-10-4-3-8(14(17)18)5-9(10)12/h3-6H,1-2H3,(H,13,16). The van der Waals surface area contributed by atoms with Gasteiger partial charge in [-0.15, -0.1) is 0 Å². The Bertz CT molecular complexity index is 532. The van der Waals surface area contributed by atoms with E-state index in [1.165, 1.54) is 26.0 Å². The van der Waals surface area contributed by atoms with Crippen LogP contribution < -0.4 is 5.32 Å². The zero-order chi connectivity index (χ0) is 14.6. The first-order valence-corrected chi connectivity index (χ1v) is 5.61. The van der Waals surface area contributed by atoms with E-state index in [1.807, 2.05) is 0 Å². The molecule has 7 nitrogen and oxygen atoms in total. The van der Waals surface area contributed by atoms with Gasteiger partial charge in [0.05, 0.1) is 15.6 Å². The first kappa shape index (κ1) is 14.9. The van der Waals surface area contributed by atoms with E-state index < -0.39 is 22.9 Å². The Morgan fingerprint density at radius 3 is 2.58 bits per heavy atom. The summed E-state index contributed by atoms with van der Waals surface area (Å²) >= 11 is 5.80. The molecule has 102 valence electrons. The number of hydrogen-bond donors (Lipinski definition) is 1. The van der Waals surface area contributed by atoms with Gasteiger partial charge in [-0.25, -0.2) is 0 Å². The second-order valence-corrected chi connectivity index (χ2v) is 4.07. The van der Waals surface area contributed by atoms with Crippen LogP contribution in [0.1, 0.15) is 13.8 Å². The Morgan fingerprint density at radius 1 is 1.47 bits per heavy atom. The summed E-state index contributed by atoms with van der Waals surface area (Å²) in [6, 6.07) is 3.63. The monoisotopic (exact) mass is 286 g/mol. The highest BCUT2D eigenvalue weighted by Crippen LogP contribution is 2.26. The molecular weight excluding hydrogens is 276 g/mol. The van der Waals surface area contributed by atoms with Crippen molar-refractivity contribution in [3.63, 3.8) is 0 Å². The van der Waals surface area contributed by atoms with E-state index in [9.17, 15) is 19.7 Å². The maximum atomic E-state index is 11.6. The van der Waals surface area contributed by atoms with E-state index in [0.29, 0.717) is 0 Å². The zero-order valence-corrected chi connectivity index (χ0v) is 10.9. The molecule has 0 spiro atoms. The van der Waals surface area contributed by atoms with E-state index in [-0.39, 0.29) is 16.4 Å². The largest absolute Gasteiger partial charge is 0.453 e. The van der Waals surface area contributed by atoms with Crippen LogP contribution in [0.2, 0.25) is 5.02 Å². The summed E-state index contributed by atoms with van der Waals surface area (Å²) < 4.78 is 4.68. The van der Waals surface area contributed by atoms with Crippen LogP contribution in [0.4, 0.5) is 11.4 Å². The zero-order valence-electron chi connectivity index (χ0n) is 10.2. The van der Waals surface area contributed by atoms with Crippen LogP contribution in [-0.2, 0) is 14.3 Å². The van der Waals surface area contributed by atoms with Gasteiger partial charge in [0, 0.05) is 19.1 Å². The summed E-state index contributed by atoms with van der Waals surface area (Å²) in [5.41, 5.74) is 0.0207. The molecule has 1 unspecified atom stereocenters. The lowest BCUT2D eigenvalue weighted by Gasteiger charge is -2.12. The molecule has 0 aliphatic rings. The lowest BCUT2D eigenvalue weighted by Crippen LogP contribution is -2.29. The predicted molar refractivity (Wildman–Crippen MR) is 68.0 cm³/mol.